The van der Waals surface area contributed by atoms with Crippen molar-refractivity contribution in [3.05, 3.63) is 47.5 Å². The van der Waals surface area contributed by atoms with Gasteiger partial charge in [0.05, 0.1) is 17.4 Å². The number of amides is 2. The predicted molar refractivity (Wildman–Crippen MR) is 123 cm³/mol. The number of carbonyl (C=O) groups is 3. The zero-order chi connectivity index (χ0) is 24.0. The number of nitrogens with zero attached hydrogens (tertiary/aromatic N) is 1. The largest absolute Gasteiger partial charge is 0.342 e. The second-order valence-corrected chi connectivity index (χ2v) is 9.36. The summed E-state index contributed by atoms with van der Waals surface area (Å²) in [6.07, 6.45) is 6.40. The van der Waals surface area contributed by atoms with Crippen molar-refractivity contribution < 1.29 is 23.2 Å². The first-order valence-corrected chi connectivity index (χ1v) is 12.0. The number of halogens is 2. The third kappa shape index (κ3) is 6.49. The van der Waals surface area contributed by atoms with Crippen LogP contribution in [0.15, 0.2) is 30.6 Å². The van der Waals surface area contributed by atoms with E-state index in [1.165, 1.54) is 13.0 Å². The highest BCUT2D eigenvalue weighted by Gasteiger charge is 2.31. The lowest BCUT2D eigenvalue weighted by atomic mass is 9.82. The molecule has 2 amide bonds. The molecule has 0 radical (unpaired) electrons. The van der Waals surface area contributed by atoms with Gasteiger partial charge in [-0.15, -0.1) is 0 Å². The van der Waals surface area contributed by atoms with Crippen molar-refractivity contribution in [3.63, 3.8) is 0 Å². The highest BCUT2D eigenvalue weighted by molar-refractivity contribution is 5.98. The molecule has 2 aliphatic rings. The Morgan fingerprint density at radius 2 is 1.85 bits per heavy atom. The van der Waals surface area contributed by atoms with Gasteiger partial charge in [0.1, 0.15) is 5.82 Å². The molecule has 1 heterocycles. The van der Waals surface area contributed by atoms with Gasteiger partial charge in [-0.25, -0.2) is 8.78 Å². The van der Waals surface area contributed by atoms with E-state index in [9.17, 15) is 18.8 Å². The molecular formula is C26H34F2N2O3. The van der Waals surface area contributed by atoms with Crippen LogP contribution in [0.25, 0.3) is 0 Å². The summed E-state index contributed by atoms with van der Waals surface area (Å²) in [5, 5.41) is 2.79. The molecule has 2 atom stereocenters. The van der Waals surface area contributed by atoms with E-state index in [-0.39, 0.29) is 41.9 Å². The van der Waals surface area contributed by atoms with Crippen molar-refractivity contribution in [1.29, 1.82) is 0 Å². The van der Waals surface area contributed by atoms with E-state index in [2.05, 4.69) is 11.9 Å². The molecular weight excluding hydrogens is 426 g/mol. The van der Waals surface area contributed by atoms with Crippen LogP contribution in [0.2, 0.25) is 0 Å². The van der Waals surface area contributed by atoms with Crippen LogP contribution in [0, 0.1) is 11.7 Å². The number of rotatable bonds is 8. The Labute approximate surface area is 194 Å². The molecule has 1 aromatic rings. The molecule has 1 aliphatic heterocycles. The van der Waals surface area contributed by atoms with Gasteiger partial charge in [0.15, 0.2) is 5.78 Å². The number of carbonyl (C=O) groups excluding carboxylic acids is 3. The van der Waals surface area contributed by atoms with E-state index in [1.54, 1.807) is 17.0 Å². The lowest BCUT2D eigenvalue weighted by molar-refractivity contribution is -0.132. The topological polar surface area (TPSA) is 66.5 Å². The molecule has 1 saturated carbocycles. The first-order valence-electron chi connectivity index (χ1n) is 12.0. The maximum Gasteiger partial charge on any atom is 0.254 e. The van der Waals surface area contributed by atoms with Gasteiger partial charge in [0.25, 0.3) is 5.91 Å². The van der Waals surface area contributed by atoms with Gasteiger partial charge in [-0.3, -0.25) is 14.4 Å². The quantitative estimate of drug-likeness (QED) is 0.590. The molecule has 5 nitrogen and oxygen atoms in total. The minimum absolute atomic E-state index is 0.0116. The molecule has 2 unspecified atom stereocenters. The molecule has 3 rings (SSSR count). The zero-order valence-corrected chi connectivity index (χ0v) is 19.4. The van der Waals surface area contributed by atoms with Crippen LogP contribution < -0.4 is 5.32 Å². The predicted octanol–water partition coefficient (Wildman–Crippen LogP) is 5.06. The third-order valence-corrected chi connectivity index (χ3v) is 6.94. The normalized spacial score (nSPS) is 20.2. The van der Waals surface area contributed by atoms with Gasteiger partial charge in [0, 0.05) is 31.8 Å². The summed E-state index contributed by atoms with van der Waals surface area (Å²) in [5.74, 6) is -2.15. The SMILES string of the molecule is C=C(F)CCC(=O)N1CCCC(c2cccc(C(=O)NC(C(C)=O)C3CCCCC3)c2F)C1. The van der Waals surface area contributed by atoms with Crippen molar-refractivity contribution in [2.75, 3.05) is 13.1 Å². The maximum absolute atomic E-state index is 15.5. The summed E-state index contributed by atoms with van der Waals surface area (Å²) in [6.45, 7) is 5.54. The number of ketones is 1. The highest BCUT2D eigenvalue weighted by Crippen LogP contribution is 2.31. The Morgan fingerprint density at radius 1 is 1.12 bits per heavy atom. The first kappa shape index (κ1) is 25.1. The first-order chi connectivity index (χ1) is 15.8. The second-order valence-electron chi connectivity index (χ2n) is 9.36. The molecule has 180 valence electrons. The fraction of sp³-hybridized carbons (Fsp3) is 0.577. The van der Waals surface area contributed by atoms with Crippen LogP contribution in [0.1, 0.15) is 86.6 Å². The number of piperidine rings is 1. The van der Waals surface area contributed by atoms with E-state index in [0.717, 1.165) is 32.1 Å². The summed E-state index contributed by atoms with van der Waals surface area (Å²) in [5.41, 5.74) is 0.318. The fourth-order valence-electron chi connectivity index (χ4n) is 5.14. The number of hydrogen-bond donors (Lipinski definition) is 1. The standard InChI is InChI=1S/C26H34F2N2O3/c1-17(27)13-14-23(32)30-15-7-10-20(16-30)21-11-6-12-22(24(21)28)26(33)29-25(18(2)31)19-8-4-3-5-9-19/h6,11-12,19-20,25H,1,3-5,7-10,13-16H2,2H3,(H,29,33). The number of hydrogen-bond acceptors (Lipinski definition) is 3. The highest BCUT2D eigenvalue weighted by atomic mass is 19.1. The van der Waals surface area contributed by atoms with Crippen molar-refractivity contribution in [3.8, 4) is 0 Å². The second kappa shape index (κ2) is 11.5. The molecule has 1 saturated heterocycles. The maximum atomic E-state index is 15.5. The molecule has 33 heavy (non-hydrogen) atoms. The van der Waals surface area contributed by atoms with Crippen LogP contribution >= 0.6 is 0 Å². The van der Waals surface area contributed by atoms with Crippen LogP contribution in [0.5, 0.6) is 0 Å². The third-order valence-electron chi connectivity index (χ3n) is 6.94. The average molecular weight is 461 g/mol. The van der Waals surface area contributed by atoms with Gasteiger partial charge in [-0.05, 0) is 50.2 Å². The lowest BCUT2D eigenvalue weighted by Crippen LogP contribution is -2.46. The minimum Gasteiger partial charge on any atom is -0.342 e. The number of Topliss-reactive ketones (excluding diaryl/α,β-unsaturated/α-hetero) is 1. The number of nitrogens with one attached hydrogen (secondary N) is 1. The average Bonchev–Trinajstić information content (AvgIpc) is 2.81. The fourth-order valence-corrected chi connectivity index (χ4v) is 5.14. The minimum atomic E-state index is -0.603. The molecule has 2 fully saturated rings. The Hall–Kier alpha value is -2.57. The molecule has 7 heteroatoms. The number of likely N-dealkylation sites (tertiary alicyclic amines) is 1. The Bertz CT molecular complexity index is 896. The van der Waals surface area contributed by atoms with E-state index in [4.69, 9.17) is 0 Å². The molecule has 1 aromatic carbocycles. The molecule has 0 spiro atoms. The lowest BCUT2D eigenvalue weighted by Gasteiger charge is -2.33. The van der Waals surface area contributed by atoms with Crippen molar-refractivity contribution in [2.45, 2.75) is 76.7 Å². The molecule has 0 aromatic heterocycles. The number of benzene rings is 1. The van der Waals surface area contributed by atoms with Crippen molar-refractivity contribution >= 4 is 17.6 Å². The summed E-state index contributed by atoms with van der Waals surface area (Å²) < 4.78 is 28.4. The summed E-state index contributed by atoms with van der Waals surface area (Å²) >= 11 is 0. The van der Waals surface area contributed by atoms with Gasteiger partial charge in [0.2, 0.25) is 5.91 Å². The van der Waals surface area contributed by atoms with Crippen LogP contribution in [-0.4, -0.2) is 41.6 Å². The summed E-state index contributed by atoms with van der Waals surface area (Å²) in [4.78, 5) is 39.2. The molecule has 1 N–H and O–H groups in total. The zero-order valence-electron chi connectivity index (χ0n) is 19.4. The van der Waals surface area contributed by atoms with E-state index in [1.807, 2.05) is 0 Å². The Morgan fingerprint density at radius 3 is 2.52 bits per heavy atom. The van der Waals surface area contributed by atoms with Crippen LogP contribution in [0.3, 0.4) is 0 Å². The molecule has 0 bridgehead atoms. The van der Waals surface area contributed by atoms with Gasteiger partial charge < -0.3 is 10.2 Å². The van der Waals surface area contributed by atoms with E-state index < -0.39 is 23.6 Å². The number of allylic oxidation sites excluding steroid dienone is 1. The van der Waals surface area contributed by atoms with Gasteiger partial charge >= 0.3 is 0 Å². The Balaban J connectivity index is 1.72. The summed E-state index contributed by atoms with van der Waals surface area (Å²) in [7, 11) is 0. The monoisotopic (exact) mass is 460 g/mol. The molecule has 1 aliphatic carbocycles. The van der Waals surface area contributed by atoms with Crippen LogP contribution in [-0.2, 0) is 9.59 Å². The van der Waals surface area contributed by atoms with Gasteiger partial charge in [-0.1, -0.05) is 38.0 Å². The smallest absolute Gasteiger partial charge is 0.254 e. The van der Waals surface area contributed by atoms with Crippen molar-refractivity contribution in [2.24, 2.45) is 5.92 Å². The van der Waals surface area contributed by atoms with Crippen LogP contribution in [0.4, 0.5) is 8.78 Å². The van der Waals surface area contributed by atoms with E-state index in [0.29, 0.717) is 31.5 Å². The summed E-state index contributed by atoms with van der Waals surface area (Å²) in [6, 6.07) is 4.13. The van der Waals surface area contributed by atoms with E-state index >= 15 is 4.39 Å². The van der Waals surface area contributed by atoms with Crippen molar-refractivity contribution in [1.82, 2.24) is 10.2 Å². The van der Waals surface area contributed by atoms with Gasteiger partial charge in [-0.2, -0.15) is 0 Å². The Kier molecular flexibility index (Phi) is 8.75.